The SMILES string of the molecule is CC1(C)c2ccccc2-c2ccc(N(c3ccc4c(c3)C(C)(C)c3ccccc3-4)c3ccc4c(c3)C(C)(C)c3cc5c(cc3-4)C3CC=CC=C3N5c3ccccc3)cc21. The van der Waals surface area contributed by atoms with Crippen LogP contribution < -0.4 is 9.80 Å². The zero-order valence-electron chi connectivity index (χ0n) is 34.8. The van der Waals surface area contributed by atoms with E-state index in [0.717, 1.165) is 6.42 Å². The zero-order valence-corrected chi connectivity index (χ0v) is 34.8. The van der Waals surface area contributed by atoms with E-state index >= 15 is 0 Å². The highest BCUT2D eigenvalue weighted by Crippen LogP contribution is 2.59. The Morgan fingerprint density at radius 3 is 1.47 bits per heavy atom. The van der Waals surface area contributed by atoms with Crippen molar-refractivity contribution < 1.29 is 0 Å². The molecule has 7 aromatic carbocycles. The number of hydrogen-bond acceptors (Lipinski definition) is 2. The molecular formula is C57H48N2. The molecule has 4 aliphatic carbocycles. The van der Waals surface area contributed by atoms with Gasteiger partial charge in [0.2, 0.25) is 0 Å². The third kappa shape index (κ3) is 4.63. The van der Waals surface area contributed by atoms with Crippen molar-refractivity contribution in [2.24, 2.45) is 0 Å². The Morgan fingerprint density at radius 2 is 0.915 bits per heavy atom. The maximum atomic E-state index is 2.54. The minimum absolute atomic E-state index is 0.103. The Hall–Kier alpha value is -6.38. The van der Waals surface area contributed by atoms with Crippen molar-refractivity contribution in [1.82, 2.24) is 0 Å². The number of anilines is 5. The van der Waals surface area contributed by atoms with Gasteiger partial charge in [-0.05, 0) is 145 Å². The van der Waals surface area contributed by atoms with Crippen LogP contribution in [0.5, 0.6) is 0 Å². The molecule has 0 amide bonds. The maximum absolute atomic E-state index is 2.54. The fraction of sp³-hybridized carbons (Fsp3) is 0.193. The minimum atomic E-state index is -0.201. The number of rotatable bonds is 4. The Balaban J connectivity index is 1.03. The number of fused-ring (bicyclic) bond motifs is 12. The first-order chi connectivity index (χ1) is 28.5. The zero-order chi connectivity index (χ0) is 40.0. The Labute approximate surface area is 348 Å². The summed E-state index contributed by atoms with van der Waals surface area (Å²) in [6.07, 6.45) is 7.91. The van der Waals surface area contributed by atoms with Gasteiger partial charge in [0.25, 0.3) is 0 Å². The van der Waals surface area contributed by atoms with Gasteiger partial charge in [-0.3, -0.25) is 0 Å². The summed E-state index contributed by atoms with van der Waals surface area (Å²) in [5, 5.41) is 0. The molecule has 5 aliphatic rings. The molecule has 0 fully saturated rings. The standard InChI is InChI=1S/C57H48N2/c1-55(2)47-21-13-10-18-39(47)41-27-24-36(30-49(41)55)58(37-25-28-42-40-19-11-14-22-48(40)56(3,4)50(42)31-37)38-26-29-43-45-33-46-44-20-12-15-23-53(44)59(35-16-8-7-9-17-35)54(46)34-52(45)57(5,6)51(43)32-38/h7-19,21-34,44H,20H2,1-6H3. The minimum Gasteiger partial charge on any atom is -0.313 e. The Bertz CT molecular complexity index is 2900. The van der Waals surface area contributed by atoms with Crippen LogP contribution in [0.3, 0.4) is 0 Å². The smallest absolute Gasteiger partial charge is 0.0501 e. The van der Waals surface area contributed by atoms with Gasteiger partial charge >= 0.3 is 0 Å². The van der Waals surface area contributed by atoms with Gasteiger partial charge in [-0.15, -0.1) is 0 Å². The van der Waals surface area contributed by atoms with Gasteiger partial charge in [0.05, 0.1) is 5.69 Å². The average molecular weight is 761 g/mol. The van der Waals surface area contributed by atoms with Gasteiger partial charge in [-0.2, -0.15) is 0 Å². The van der Waals surface area contributed by atoms with Crippen molar-refractivity contribution in [1.29, 1.82) is 0 Å². The molecule has 0 saturated heterocycles. The summed E-state index contributed by atoms with van der Waals surface area (Å²) in [6, 6.07) is 55.6. The second-order valence-electron chi connectivity index (χ2n) is 18.9. The summed E-state index contributed by atoms with van der Waals surface area (Å²) in [4.78, 5) is 5.04. The molecular weight excluding hydrogens is 713 g/mol. The van der Waals surface area contributed by atoms with Crippen molar-refractivity contribution >= 4 is 28.4 Å². The monoisotopic (exact) mass is 760 g/mol. The lowest BCUT2D eigenvalue weighted by molar-refractivity contribution is 0.659. The number of benzene rings is 7. The second-order valence-corrected chi connectivity index (χ2v) is 18.9. The maximum Gasteiger partial charge on any atom is 0.0501 e. The van der Waals surface area contributed by atoms with Gasteiger partial charge < -0.3 is 9.80 Å². The van der Waals surface area contributed by atoms with Crippen LogP contribution in [0.4, 0.5) is 28.4 Å². The van der Waals surface area contributed by atoms with E-state index in [1.165, 1.54) is 106 Å². The number of hydrogen-bond donors (Lipinski definition) is 0. The molecule has 0 radical (unpaired) electrons. The molecule has 0 bridgehead atoms. The van der Waals surface area contributed by atoms with Crippen LogP contribution in [0.2, 0.25) is 0 Å². The molecule has 12 rings (SSSR count). The largest absolute Gasteiger partial charge is 0.313 e. The summed E-state index contributed by atoms with van der Waals surface area (Å²) in [6.45, 7) is 14.4. The molecule has 1 atom stereocenters. The quantitative estimate of drug-likeness (QED) is 0.176. The van der Waals surface area contributed by atoms with E-state index < -0.39 is 0 Å². The molecule has 0 saturated carbocycles. The van der Waals surface area contributed by atoms with Crippen LogP contribution in [0.25, 0.3) is 33.4 Å². The van der Waals surface area contributed by atoms with Gasteiger partial charge in [-0.25, -0.2) is 0 Å². The summed E-state index contributed by atoms with van der Waals surface area (Å²) >= 11 is 0. The first-order valence-corrected chi connectivity index (χ1v) is 21.4. The fourth-order valence-corrected chi connectivity index (χ4v) is 11.6. The van der Waals surface area contributed by atoms with E-state index in [2.05, 4.69) is 215 Å². The van der Waals surface area contributed by atoms with E-state index in [9.17, 15) is 0 Å². The average Bonchev–Trinajstić information content (AvgIpc) is 3.86. The molecule has 59 heavy (non-hydrogen) atoms. The first-order valence-electron chi connectivity index (χ1n) is 21.4. The van der Waals surface area contributed by atoms with Gasteiger partial charge in [0.1, 0.15) is 0 Å². The highest BCUT2D eigenvalue weighted by Gasteiger charge is 2.43. The fourth-order valence-electron chi connectivity index (χ4n) is 11.6. The molecule has 2 nitrogen and oxygen atoms in total. The Morgan fingerprint density at radius 1 is 0.458 bits per heavy atom. The second kappa shape index (κ2) is 11.9. The summed E-state index contributed by atoms with van der Waals surface area (Å²) in [5.74, 6) is 0.354. The van der Waals surface area contributed by atoms with E-state index in [1.807, 2.05) is 0 Å². The number of nitrogens with zero attached hydrogens (tertiary/aromatic N) is 2. The van der Waals surface area contributed by atoms with Crippen LogP contribution in [0.15, 0.2) is 170 Å². The number of allylic oxidation sites excluding steroid dienone is 4. The lowest BCUT2D eigenvalue weighted by Gasteiger charge is -2.31. The van der Waals surface area contributed by atoms with Crippen molar-refractivity contribution in [3.05, 3.63) is 208 Å². The molecule has 0 aromatic heterocycles. The van der Waals surface area contributed by atoms with Gasteiger partial charge in [0.15, 0.2) is 0 Å². The highest BCUT2D eigenvalue weighted by atomic mass is 15.2. The van der Waals surface area contributed by atoms with Crippen molar-refractivity contribution in [3.8, 4) is 33.4 Å². The van der Waals surface area contributed by atoms with E-state index in [-0.39, 0.29) is 16.2 Å². The highest BCUT2D eigenvalue weighted by molar-refractivity contribution is 5.92. The van der Waals surface area contributed by atoms with Crippen molar-refractivity contribution in [2.45, 2.75) is 70.1 Å². The van der Waals surface area contributed by atoms with E-state index in [4.69, 9.17) is 0 Å². The molecule has 0 spiro atoms. The molecule has 1 unspecified atom stereocenters. The third-order valence-corrected chi connectivity index (χ3v) is 14.7. The van der Waals surface area contributed by atoms with Crippen LogP contribution in [0, 0.1) is 0 Å². The van der Waals surface area contributed by atoms with E-state index in [1.54, 1.807) is 0 Å². The van der Waals surface area contributed by atoms with E-state index in [0.29, 0.717) is 5.92 Å². The topological polar surface area (TPSA) is 6.48 Å². The summed E-state index contributed by atoms with van der Waals surface area (Å²) in [7, 11) is 0. The molecule has 2 heteroatoms. The lowest BCUT2D eigenvalue weighted by atomic mass is 9.81. The predicted octanol–water partition coefficient (Wildman–Crippen LogP) is 15.2. The Kier molecular flexibility index (Phi) is 6.96. The normalized spacial score (nSPS) is 18.5. The predicted molar refractivity (Wildman–Crippen MR) is 247 cm³/mol. The van der Waals surface area contributed by atoms with Crippen molar-refractivity contribution in [3.63, 3.8) is 0 Å². The molecule has 1 heterocycles. The van der Waals surface area contributed by atoms with Crippen LogP contribution in [-0.2, 0) is 16.2 Å². The summed E-state index contributed by atoms with van der Waals surface area (Å²) < 4.78 is 0. The molecule has 0 N–H and O–H groups in total. The van der Waals surface area contributed by atoms with Gasteiger partial charge in [0, 0.05) is 50.6 Å². The van der Waals surface area contributed by atoms with Crippen LogP contribution in [0.1, 0.15) is 92.8 Å². The van der Waals surface area contributed by atoms with Gasteiger partial charge in [-0.1, -0.05) is 139 Å². The summed E-state index contributed by atoms with van der Waals surface area (Å²) in [5.41, 5.74) is 25.0. The third-order valence-electron chi connectivity index (χ3n) is 14.7. The lowest BCUT2D eigenvalue weighted by Crippen LogP contribution is -2.19. The van der Waals surface area contributed by atoms with Crippen LogP contribution >= 0.6 is 0 Å². The first kappa shape index (κ1) is 34.6. The van der Waals surface area contributed by atoms with Crippen LogP contribution in [-0.4, -0.2) is 0 Å². The molecule has 7 aromatic rings. The van der Waals surface area contributed by atoms with Crippen molar-refractivity contribution in [2.75, 3.05) is 9.80 Å². The molecule has 286 valence electrons. The molecule has 1 aliphatic heterocycles. The number of para-hydroxylation sites is 1.